The van der Waals surface area contributed by atoms with Crippen molar-refractivity contribution >= 4 is 29.4 Å². The molecule has 1 aromatic carbocycles. The van der Waals surface area contributed by atoms with E-state index in [-0.39, 0.29) is 12.0 Å². The molecule has 116 valence electrons. The van der Waals surface area contributed by atoms with Crippen LogP contribution in [0.3, 0.4) is 0 Å². The van der Waals surface area contributed by atoms with Gasteiger partial charge in [0.25, 0.3) is 0 Å². The van der Waals surface area contributed by atoms with Crippen molar-refractivity contribution in [1.29, 1.82) is 0 Å². The molecular formula is C13H16F2N2O3S. The van der Waals surface area contributed by atoms with E-state index in [1.165, 1.54) is 24.8 Å². The number of nitrogens with one attached hydrogen (secondary N) is 2. The fourth-order valence-electron chi connectivity index (χ4n) is 1.57. The molecule has 1 aromatic rings. The highest BCUT2D eigenvalue weighted by Crippen LogP contribution is 2.21. The third-order valence-electron chi connectivity index (χ3n) is 2.74. The van der Waals surface area contributed by atoms with Gasteiger partial charge in [0.2, 0.25) is 0 Å². The number of urea groups is 1. The van der Waals surface area contributed by atoms with E-state index < -0.39 is 35.4 Å². The number of aryl methyl sites for hydroxylation is 1. The standard InChI is InChI=1S/C13H16F2N2O3S/c1-7-3-4-8(14)11(10(7)15)17-13(20)16-9(12(18)19)5-6-21-2/h3-4,9H,5-6H2,1-2H3,(H,18,19)(H2,16,17,20). The van der Waals surface area contributed by atoms with Crippen LogP contribution in [-0.4, -0.2) is 35.2 Å². The molecule has 0 aliphatic rings. The highest BCUT2D eigenvalue weighted by Gasteiger charge is 2.21. The Morgan fingerprint density at radius 3 is 2.62 bits per heavy atom. The highest BCUT2D eigenvalue weighted by atomic mass is 32.2. The summed E-state index contributed by atoms with van der Waals surface area (Å²) in [4.78, 5) is 22.7. The number of hydrogen-bond acceptors (Lipinski definition) is 3. The number of carboxylic acids is 1. The largest absolute Gasteiger partial charge is 0.480 e. The number of aliphatic carboxylic acids is 1. The SMILES string of the molecule is CSCCC(NC(=O)Nc1c(F)ccc(C)c1F)C(=O)O. The summed E-state index contributed by atoms with van der Waals surface area (Å²) in [7, 11) is 0. The second-order valence-electron chi connectivity index (χ2n) is 4.32. The third kappa shape index (κ3) is 4.89. The molecule has 0 bridgehead atoms. The van der Waals surface area contributed by atoms with Gasteiger partial charge in [0.05, 0.1) is 0 Å². The second kappa shape index (κ2) is 7.82. The van der Waals surface area contributed by atoms with E-state index in [1.54, 1.807) is 6.26 Å². The summed E-state index contributed by atoms with van der Waals surface area (Å²) in [5, 5.41) is 13.2. The zero-order valence-electron chi connectivity index (χ0n) is 11.6. The molecule has 0 aliphatic heterocycles. The van der Waals surface area contributed by atoms with Crippen molar-refractivity contribution in [3.63, 3.8) is 0 Å². The van der Waals surface area contributed by atoms with Crippen molar-refractivity contribution in [2.45, 2.75) is 19.4 Å². The van der Waals surface area contributed by atoms with Crippen molar-refractivity contribution in [1.82, 2.24) is 5.32 Å². The molecule has 0 spiro atoms. The van der Waals surface area contributed by atoms with E-state index in [1.807, 2.05) is 5.32 Å². The zero-order chi connectivity index (χ0) is 16.0. The maximum absolute atomic E-state index is 13.7. The Labute approximate surface area is 125 Å². The summed E-state index contributed by atoms with van der Waals surface area (Å²) in [6.45, 7) is 1.43. The summed E-state index contributed by atoms with van der Waals surface area (Å²) >= 11 is 1.43. The van der Waals surface area contributed by atoms with Crippen molar-refractivity contribution in [2.75, 3.05) is 17.3 Å². The molecule has 0 aliphatic carbocycles. The van der Waals surface area contributed by atoms with Gasteiger partial charge < -0.3 is 15.7 Å². The van der Waals surface area contributed by atoms with Gasteiger partial charge in [-0.25, -0.2) is 18.4 Å². The number of halogens is 2. The highest BCUT2D eigenvalue weighted by molar-refractivity contribution is 7.98. The van der Waals surface area contributed by atoms with Crippen molar-refractivity contribution in [3.05, 3.63) is 29.3 Å². The summed E-state index contributed by atoms with van der Waals surface area (Å²) < 4.78 is 27.2. The van der Waals surface area contributed by atoms with Crippen LogP contribution in [0.15, 0.2) is 12.1 Å². The average Bonchev–Trinajstić information content (AvgIpc) is 2.43. The number of anilines is 1. The number of benzene rings is 1. The van der Waals surface area contributed by atoms with E-state index >= 15 is 0 Å². The van der Waals surface area contributed by atoms with E-state index in [2.05, 4.69) is 5.32 Å². The minimum atomic E-state index is -1.20. The lowest BCUT2D eigenvalue weighted by molar-refractivity contribution is -0.139. The van der Waals surface area contributed by atoms with Gasteiger partial charge in [0, 0.05) is 0 Å². The Bertz CT molecular complexity index is 540. The van der Waals surface area contributed by atoms with Crippen LogP contribution in [0.2, 0.25) is 0 Å². The molecule has 1 unspecified atom stereocenters. The van der Waals surface area contributed by atoms with Gasteiger partial charge in [-0.2, -0.15) is 11.8 Å². The molecule has 21 heavy (non-hydrogen) atoms. The van der Waals surface area contributed by atoms with Gasteiger partial charge in [0.1, 0.15) is 17.5 Å². The first kappa shape index (κ1) is 17.2. The van der Waals surface area contributed by atoms with Crippen LogP contribution in [-0.2, 0) is 4.79 Å². The van der Waals surface area contributed by atoms with Gasteiger partial charge in [-0.15, -0.1) is 0 Å². The second-order valence-corrected chi connectivity index (χ2v) is 5.31. The third-order valence-corrected chi connectivity index (χ3v) is 3.38. The van der Waals surface area contributed by atoms with Gasteiger partial charge in [-0.1, -0.05) is 6.07 Å². The number of carbonyl (C=O) groups is 2. The molecule has 0 saturated carbocycles. The summed E-state index contributed by atoms with van der Waals surface area (Å²) in [6, 6.07) is 0.184. The molecule has 1 atom stereocenters. The molecule has 0 radical (unpaired) electrons. The first-order valence-corrected chi connectivity index (χ1v) is 7.50. The van der Waals surface area contributed by atoms with E-state index in [0.717, 1.165) is 6.07 Å². The van der Waals surface area contributed by atoms with E-state index in [9.17, 15) is 18.4 Å². The topological polar surface area (TPSA) is 78.4 Å². The predicted octanol–water partition coefficient (Wildman–Crippen LogP) is 2.60. The fourth-order valence-corrected chi connectivity index (χ4v) is 2.04. The zero-order valence-corrected chi connectivity index (χ0v) is 12.4. The van der Waals surface area contributed by atoms with Crippen LogP contribution in [0, 0.1) is 18.6 Å². The molecule has 0 fully saturated rings. The minimum absolute atomic E-state index is 0.170. The summed E-state index contributed by atoms with van der Waals surface area (Å²) in [5.74, 6) is -2.49. The van der Waals surface area contributed by atoms with Crippen LogP contribution >= 0.6 is 11.8 Å². The Hall–Kier alpha value is -1.83. The fraction of sp³-hybridized carbons (Fsp3) is 0.385. The molecular weight excluding hydrogens is 302 g/mol. The first-order chi connectivity index (χ1) is 9.86. The molecule has 0 aromatic heterocycles. The number of carbonyl (C=O) groups excluding carboxylic acids is 1. The van der Waals surface area contributed by atoms with Gasteiger partial charge in [-0.05, 0) is 37.0 Å². The van der Waals surface area contributed by atoms with Crippen molar-refractivity contribution in [2.24, 2.45) is 0 Å². The Morgan fingerprint density at radius 1 is 1.38 bits per heavy atom. The summed E-state index contributed by atoms with van der Waals surface area (Å²) in [6.07, 6.45) is 2.01. The Balaban J connectivity index is 2.77. The lowest BCUT2D eigenvalue weighted by atomic mass is 10.2. The average molecular weight is 318 g/mol. The summed E-state index contributed by atoms with van der Waals surface area (Å²) in [5.41, 5.74) is -0.426. The van der Waals surface area contributed by atoms with Crippen LogP contribution in [0.25, 0.3) is 0 Å². The minimum Gasteiger partial charge on any atom is -0.480 e. The first-order valence-electron chi connectivity index (χ1n) is 6.10. The molecule has 3 N–H and O–H groups in total. The maximum atomic E-state index is 13.7. The maximum Gasteiger partial charge on any atom is 0.326 e. The lowest BCUT2D eigenvalue weighted by Gasteiger charge is -2.15. The number of rotatable bonds is 6. The van der Waals surface area contributed by atoms with E-state index in [4.69, 9.17) is 5.11 Å². The Morgan fingerprint density at radius 2 is 2.05 bits per heavy atom. The molecule has 5 nitrogen and oxygen atoms in total. The Kier molecular flexibility index (Phi) is 6.41. The molecule has 0 saturated heterocycles. The van der Waals surface area contributed by atoms with Gasteiger partial charge in [-0.3, -0.25) is 0 Å². The van der Waals surface area contributed by atoms with Crippen molar-refractivity contribution in [3.8, 4) is 0 Å². The van der Waals surface area contributed by atoms with Crippen LogP contribution in [0.5, 0.6) is 0 Å². The number of hydrogen-bond donors (Lipinski definition) is 3. The number of amides is 2. The number of thioether (sulfide) groups is 1. The molecule has 2 amide bonds. The predicted molar refractivity (Wildman–Crippen MR) is 77.7 cm³/mol. The quantitative estimate of drug-likeness (QED) is 0.753. The lowest BCUT2D eigenvalue weighted by Crippen LogP contribution is -2.43. The molecule has 8 heteroatoms. The molecule has 0 heterocycles. The van der Waals surface area contributed by atoms with Gasteiger partial charge >= 0.3 is 12.0 Å². The van der Waals surface area contributed by atoms with Crippen LogP contribution in [0.4, 0.5) is 19.3 Å². The molecule has 1 rings (SSSR count). The number of carboxylic acid groups (broad SMARTS) is 1. The van der Waals surface area contributed by atoms with E-state index in [0.29, 0.717) is 5.75 Å². The van der Waals surface area contributed by atoms with Gasteiger partial charge in [0.15, 0.2) is 5.82 Å². The normalized spacial score (nSPS) is 11.8. The van der Waals surface area contributed by atoms with Crippen LogP contribution < -0.4 is 10.6 Å². The van der Waals surface area contributed by atoms with Crippen LogP contribution in [0.1, 0.15) is 12.0 Å². The van der Waals surface area contributed by atoms with Crippen molar-refractivity contribution < 1.29 is 23.5 Å². The smallest absolute Gasteiger partial charge is 0.326 e. The monoisotopic (exact) mass is 318 g/mol.